The molecule has 0 unspecified atom stereocenters. The van der Waals surface area contributed by atoms with Crippen molar-refractivity contribution in [2.24, 2.45) is 0 Å². The number of alkyl halides is 5. The van der Waals surface area contributed by atoms with Gasteiger partial charge in [-0.2, -0.15) is 13.2 Å². The SMILES string of the molecule is CC(C)OC[N+]1(C(C)C)CCCC1.F[B-](F)(F)C(F)(F)C(F)(F)F. The van der Waals surface area contributed by atoms with Crippen LogP contribution in [0.15, 0.2) is 0 Å². The topological polar surface area (TPSA) is 9.23 Å². The van der Waals surface area contributed by atoms with Gasteiger partial charge in [0.25, 0.3) is 0 Å². The minimum absolute atomic E-state index is 0.370. The van der Waals surface area contributed by atoms with Gasteiger partial charge in [-0.25, -0.2) is 8.78 Å². The van der Waals surface area contributed by atoms with E-state index in [0.717, 1.165) is 6.73 Å². The van der Waals surface area contributed by atoms with Crippen molar-refractivity contribution in [1.29, 1.82) is 0 Å². The zero-order valence-electron chi connectivity index (χ0n) is 14.1. The van der Waals surface area contributed by atoms with Gasteiger partial charge in [-0.1, -0.05) is 0 Å². The van der Waals surface area contributed by atoms with Gasteiger partial charge < -0.3 is 17.7 Å². The minimum Gasteiger partial charge on any atom is -0.445 e. The molecule has 2 nitrogen and oxygen atoms in total. The van der Waals surface area contributed by atoms with E-state index < -0.39 is 19.0 Å². The first-order valence-corrected chi connectivity index (χ1v) is 7.68. The molecule has 1 saturated heterocycles. The summed E-state index contributed by atoms with van der Waals surface area (Å²) in [6.07, 6.45) is -3.43. The Balaban J connectivity index is 0.000000449. The van der Waals surface area contributed by atoms with Crippen LogP contribution < -0.4 is 0 Å². The van der Waals surface area contributed by atoms with Crippen molar-refractivity contribution in [1.82, 2.24) is 0 Å². The maximum Gasteiger partial charge on any atom is 0.558 e. The van der Waals surface area contributed by atoms with Gasteiger partial charge >= 0.3 is 19.0 Å². The van der Waals surface area contributed by atoms with Crippen molar-refractivity contribution in [3.8, 4) is 0 Å². The maximum atomic E-state index is 11.2. The Labute approximate surface area is 136 Å². The van der Waals surface area contributed by atoms with Gasteiger partial charge in [-0.15, -0.1) is 0 Å². The molecular formula is C13H24BF8NO. The summed E-state index contributed by atoms with van der Waals surface area (Å²) in [7, 11) is 0. The Bertz CT molecular complexity index is 359. The molecular weight excluding hydrogens is 349 g/mol. The fourth-order valence-corrected chi connectivity index (χ4v) is 2.24. The predicted molar refractivity (Wildman–Crippen MR) is 75.5 cm³/mol. The fraction of sp³-hybridized carbons (Fsp3) is 1.00. The molecule has 1 aliphatic rings. The van der Waals surface area contributed by atoms with Crippen molar-refractivity contribution >= 4 is 6.98 Å². The van der Waals surface area contributed by atoms with E-state index in [9.17, 15) is 34.9 Å². The van der Waals surface area contributed by atoms with E-state index in [1.54, 1.807) is 0 Å². The average molecular weight is 373 g/mol. The molecule has 1 heterocycles. The van der Waals surface area contributed by atoms with E-state index >= 15 is 0 Å². The van der Waals surface area contributed by atoms with Gasteiger partial charge in [0.15, 0.2) is 6.73 Å². The summed E-state index contributed by atoms with van der Waals surface area (Å²) < 4.78 is 94.8. The van der Waals surface area contributed by atoms with Crippen molar-refractivity contribution in [3.05, 3.63) is 0 Å². The van der Waals surface area contributed by atoms with Crippen LogP contribution in [0, 0.1) is 0 Å². The number of quaternary nitrogens is 1. The van der Waals surface area contributed by atoms with E-state index in [4.69, 9.17) is 4.74 Å². The van der Waals surface area contributed by atoms with E-state index in [1.807, 2.05) is 0 Å². The summed E-state index contributed by atoms with van der Waals surface area (Å²) >= 11 is 0. The highest BCUT2D eigenvalue weighted by Crippen LogP contribution is 2.44. The summed E-state index contributed by atoms with van der Waals surface area (Å²) in [5.74, 6) is -6.56. The van der Waals surface area contributed by atoms with Crippen molar-refractivity contribution in [3.63, 3.8) is 0 Å². The number of ether oxygens (including phenoxy) is 1. The van der Waals surface area contributed by atoms with E-state index in [-0.39, 0.29) is 0 Å². The normalized spacial score (nSPS) is 18.8. The molecule has 24 heavy (non-hydrogen) atoms. The molecule has 1 fully saturated rings. The molecule has 0 amide bonds. The largest absolute Gasteiger partial charge is 0.558 e. The number of likely N-dealkylation sites (tertiary alicyclic amines) is 1. The number of hydrogen-bond donors (Lipinski definition) is 0. The maximum absolute atomic E-state index is 11.2. The summed E-state index contributed by atoms with van der Waals surface area (Å²) in [6, 6.07) is 0.709. The smallest absolute Gasteiger partial charge is 0.445 e. The van der Waals surface area contributed by atoms with Crippen LogP contribution in [-0.2, 0) is 4.74 Å². The Morgan fingerprint density at radius 3 is 1.54 bits per heavy atom. The highest BCUT2D eigenvalue weighted by atomic mass is 19.4. The molecule has 1 rings (SSSR count). The Morgan fingerprint density at radius 2 is 1.33 bits per heavy atom. The zero-order valence-corrected chi connectivity index (χ0v) is 14.1. The Morgan fingerprint density at radius 1 is 0.917 bits per heavy atom. The van der Waals surface area contributed by atoms with Crippen molar-refractivity contribution in [2.45, 2.75) is 64.7 Å². The molecule has 0 atom stereocenters. The number of halogens is 8. The lowest BCUT2D eigenvalue weighted by Crippen LogP contribution is -2.53. The van der Waals surface area contributed by atoms with E-state index in [0.29, 0.717) is 12.1 Å². The molecule has 0 saturated carbocycles. The lowest BCUT2D eigenvalue weighted by molar-refractivity contribution is -0.954. The van der Waals surface area contributed by atoms with Gasteiger partial charge in [0.05, 0.1) is 25.2 Å². The summed E-state index contributed by atoms with van der Waals surface area (Å²) in [5.41, 5.74) is 0. The van der Waals surface area contributed by atoms with Crippen LogP contribution in [0.1, 0.15) is 40.5 Å². The molecule has 11 heteroatoms. The fourth-order valence-electron chi connectivity index (χ4n) is 2.24. The molecule has 0 aliphatic carbocycles. The molecule has 0 aromatic rings. The van der Waals surface area contributed by atoms with Gasteiger partial charge in [-0.05, 0) is 27.7 Å². The zero-order chi connectivity index (χ0) is 19.4. The molecule has 0 aromatic carbocycles. The molecule has 0 bridgehead atoms. The minimum atomic E-state index is -7.21. The van der Waals surface area contributed by atoms with E-state index in [1.165, 1.54) is 30.4 Å². The van der Waals surface area contributed by atoms with Crippen LogP contribution in [0.3, 0.4) is 0 Å². The third kappa shape index (κ3) is 6.05. The lowest BCUT2D eigenvalue weighted by atomic mass is 9.80. The molecule has 0 radical (unpaired) electrons. The second-order valence-electron chi connectivity index (χ2n) is 6.51. The first kappa shape index (κ1) is 23.4. The number of rotatable bonds is 5. The predicted octanol–water partition coefficient (Wildman–Crippen LogP) is 4.96. The van der Waals surface area contributed by atoms with Crippen LogP contribution in [0.4, 0.5) is 34.9 Å². The summed E-state index contributed by atoms with van der Waals surface area (Å²) in [6.45, 7) is 5.19. The number of nitrogens with zero attached hydrogens (tertiary/aromatic N) is 1. The Kier molecular flexibility index (Phi) is 8.01. The first-order valence-electron chi connectivity index (χ1n) is 7.68. The third-order valence-electron chi connectivity index (χ3n) is 4.01. The van der Waals surface area contributed by atoms with Crippen LogP contribution in [0.5, 0.6) is 0 Å². The second kappa shape index (κ2) is 8.20. The quantitative estimate of drug-likeness (QED) is 0.376. The molecule has 1 aliphatic heterocycles. The summed E-state index contributed by atoms with van der Waals surface area (Å²) in [5, 5.41) is 0. The monoisotopic (exact) mass is 373 g/mol. The van der Waals surface area contributed by atoms with Crippen molar-refractivity contribution in [2.75, 3.05) is 19.8 Å². The molecule has 0 aromatic heterocycles. The average Bonchev–Trinajstić information content (AvgIpc) is 2.84. The van der Waals surface area contributed by atoms with Gasteiger partial charge in [0, 0.05) is 12.8 Å². The molecule has 146 valence electrons. The van der Waals surface area contributed by atoms with Crippen LogP contribution in [0.25, 0.3) is 0 Å². The lowest BCUT2D eigenvalue weighted by Gasteiger charge is -2.38. The molecule has 0 N–H and O–H groups in total. The van der Waals surface area contributed by atoms with Gasteiger partial charge in [-0.3, -0.25) is 4.48 Å². The Hall–Kier alpha value is -0.575. The number of hydrogen-bond acceptors (Lipinski definition) is 1. The first-order chi connectivity index (χ1) is 10.6. The van der Waals surface area contributed by atoms with E-state index in [2.05, 4.69) is 27.7 Å². The standard InChI is InChI=1S/C11H24NO.C2BF8/c1-10(2)12(7-5-6-8-12)9-13-11(3)4;4-1(5,2(6,7)8)3(9,10)11/h10-11H,5-9H2,1-4H3;/q+1;-1. The molecule has 0 spiro atoms. The van der Waals surface area contributed by atoms with Crippen LogP contribution in [0.2, 0.25) is 0 Å². The third-order valence-corrected chi connectivity index (χ3v) is 4.01. The van der Waals surface area contributed by atoms with Gasteiger partial charge in [0.2, 0.25) is 0 Å². The summed E-state index contributed by atoms with van der Waals surface area (Å²) in [4.78, 5) is 0. The highest BCUT2D eigenvalue weighted by molar-refractivity contribution is 6.61. The second-order valence-corrected chi connectivity index (χ2v) is 6.51. The van der Waals surface area contributed by atoms with Crippen LogP contribution >= 0.6 is 0 Å². The highest BCUT2D eigenvalue weighted by Gasteiger charge is 2.69. The van der Waals surface area contributed by atoms with Crippen LogP contribution in [-0.4, -0.2) is 55.4 Å². The van der Waals surface area contributed by atoms with Gasteiger partial charge in [0.1, 0.15) is 0 Å². The van der Waals surface area contributed by atoms with Crippen molar-refractivity contribution < 1.29 is 44.1 Å².